The number of ether oxygens (including phenoxy) is 1. The number of amides is 1. The Morgan fingerprint density at radius 3 is 2.95 bits per heavy atom. The fraction of sp³-hybridized carbons (Fsp3) is 0.250. The number of oxazole rings is 1. The second kappa shape index (κ2) is 6.33. The van der Waals surface area contributed by atoms with Crippen molar-refractivity contribution in [1.29, 1.82) is 0 Å². The van der Waals surface area contributed by atoms with Gasteiger partial charge in [0.1, 0.15) is 17.8 Å². The fourth-order valence-electron chi connectivity index (χ4n) is 1.23. The van der Waals surface area contributed by atoms with E-state index in [0.717, 1.165) is 0 Å². The second-order valence-electron chi connectivity index (χ2n) is 3.70. The summed E-state index contributed by atoms with van der Waals surface area (Å²) in [5.41, 5.74) is 0. The molecule has 0 fully saturated rings. The molecule has 7 heteroatoms. The van der Waals surface area contributed by atoms with Crippen molar-refractivity contribution in [3.63, 3.8) is 0 Å². The van der Waals surface area contributed by atoms with Gasteiger partial charge in [-0.2, -0.15) is 0 Å². The zero-order valence-electron chi connectivity index (χ0n) is 10.2. The molecular weight excluding hydrogens is 314 g/mol. The molecule has 0 aliphatic heterocycles. The molecule has 2 heterocycles. The summed E-state index contributed by atoms with van der Waals surface area (Å²) in [5, 5.41) is 2.65. The van der Waals surface area contributed by atoms with Crippen LogP contribution in [0.2, 0.25) is 0 Å². The minimum atomic E-state index is -0.268. The summed E-state index contributed by atoms with van der Waals surface area (Å²) in [6.07, 6.45) is 4.56. The lowest BCUT2D eigenvalue weighted by Crippen LogP contribution is -2.20. The van der Waals surface area contributed by atoms with Crippen LogP contribution in [0.15, 0.2) is 35.2 Å². The summed E-state index contributed by atoms with van der Waals surface area (Å²) in [6, 6.07) is 3.38. The first-order valence-electron chi connectivity index (χ1n) is 5.57. The Kier molecular flexibility index (Phi) is 4.51. The van der Waals surface area contributed by atoms with E-state index < -0.39 is 0 Å². The van der Waals surface area contributed by atoms with E-state index in [2.05, 4.69) is 31.2 Å². The maximum absolute atomic E-state index is 11.4. The second-order valence-corrected chi connectivity index (χ2v) is 5.07. The molecule has 0 bridgehead atoms. The highest BCUT2D eigenvalue weighted by atomic mass is 79.9. The van der Waals surface area contributed by atoms with Gasteiger partial charge in [0.25, 0.3) is 0 Å². The molecule has 0 saturated heterocycles. The molecule has 2 rings (SSSR count). The van der Waals surface area contributed by atoms with Crippen molar-refractivity contribution in [2.45, 2.75) is 18.4 Å². The monoisotopic (exact) mass is 325 g/mol. The van der Waals surface area contributed by atoms with Crippen LogP contribution in [0, 0.1) is 0 Å². The summed E-state index contributed by atoms with van der Waals surface area (Å²) in [4.78, 5) is 19.2. The number of hydrogen-bond acceptors (Lipinski definition) is 5. The highest BCUT2D eigenvalue weighted by Crippen LogP contribution is 2.14. The number of pyridine rings is 1. The lowest BCUT2D eigenvalue weighted by molar-refractivity contribution is -0.115. The van der Waals surface area contributed by atoms with E-state index in [1.807, 2.05) is 0 Å². The molecule has 1 atom stereocenters. The van der Waals surface area contributed by atoms with Gasteiger partial charge in [-0.25, -0.2) is 9.97 Å². The average molecular weight is 326 g/mol. The summed E-state index contributed by atoms with van der Waals surface area (Å²) >= 11 is 3.18. The zero-order chi connectivity index (χ0) is 13.7. The standard InChI is InChI=1S/C12H12BrN3O3/c1-8(13)12(17)16-10-3-2-9(6-15-10)19-7-11-14-4-5-18-11/h2-6,8H,7H2,1H3,(H,15,16,17). The Hall–Kier alpha value is -1.89. The van der Waals surface area contributed by atoms with E-state index in [1.165, 1.54) is 12.5 Å². The van der Waals surface area contributed by atoms with E-state index in [0.29, 0.717) is 17.5 Å². The molecule has 1 unspecified atom stereocenters. The van der Waals surface area contributed by atoms with Crippen molar-refractivity contribution >= 4 is 27.7 Å². The zero-order valence-corrected chi connectivity index (χ0v) is 11.8. The molecule has 0 aliphatic carbocycles. The van der Waals surface area contributed by atoms with Gasteiger partial charge in [0.2, 0.25) is 11.8 Å². The Morgan fingerprint density at radius 1 is 1.53 bits per heavy atom. The van der Waals surface area contributed by atoms with Crippen LogP contribution < -0.4 is 10.1 Å². The minimum Gasteiger partial charge on any atom is -0.482 e. The highest BCUT2D eigenvalue weighted by molar-refractivity contribution is 9.10. The van der Waals surface area contributed by atoms with Gasteiger partial charge in [-0.15, -0.1) is 0 Å². The maximum atomic E-state index is 11.4. The topological polar surface area (TPSA) is 77.2 Å². The lowest BCUT2D eigenvalue weighted by Gasteiger charge is -2.07. The van der Waals surface area contributed by atoms with Crippen LogP contribution in [0.4, 0.5) is 5.82 Å². The van der Waals surface area contributed by atoms with Crippen LogP contribution in [0.5, 0.6) is 5.75 Å². The molecule has 0 aromatic carbocycles. The Labute approximate surface area is 118 Å². The highest BCUT2D eigenvalue weighted by Gasteiger charge is 2.09. The molecule has 100 valence electrons. The van der Waals surface area contributed by atoms with Gasteiger partial charge in [0.05, 0.1) is 17.2 Å². The summed E-state index contributed by atoms with van der Waals surface area (Å²) in [7, 11) is 0. The summed E-state index contributed by atoms with van der Waals surface area (Å²) in [5.74, 6) is 1.38. The van der Waals surface area contributed by atoms with Crippen molar-refractivity contribution in [2.75, 3.05) is 5.32 Å². The molecule has 2 aromatic rings. The van der Waals surface area contributed by atoms with Crippen LogP contribution in [-0.2, 0) is 11.4 Å². The fourth-order valence-corrected chi connectivity index (χ4v) is 1.35. The van der Waals surface area contributed by atoms with Crippen molar-refractivity contribution in [1.82, 2.24) is 9.97 Å². The molecule has 6 nitrogen and oxygen atoms in total. The number of nitrogens with one attached hydrogen (secondary N) is 1. The number of nitrogens with zero attached hydrogens (tertiary/aromatic N) is 2. The van der Waals surface area contributed by atoms with Gasteiger partial charge in [0, 0.05) is 0 Å². The average Bonchev–Trinajstić information content (AvgIpc) is 2.91. The van der Waals surface area contributed by atoms with Gasteiger partial charge < -0.3 is 14.5 Å². The van der Waals surface area contributed by atoms with Gasteiger partial charge in [-0.05, 0) is 19.1 Å². The van der Waals surface area contributed by atoms with Crippen LogP contribution in [0.1, 0.15) is 12.8 Å². The van der Waals surface area contributed by atoms with E-state index in [1.54, 1.807) is 25.3 Å². The molecule has 0 radical (unpaired) electrons. The number of carbonyl (C=O) groups is 1. The third-order valence-electron chi connectivity index (χ3n) is 2.19. The molecule has 0 aliphatic rings. The van der Waals surface area contributed by atoms with Crippen molar-refractivity contribution < 1.29 is 13.9 Å². The Morgan fingerprint density at radius 2 is 2.37 bits per heavy atom. The summed E-state index contributed by atoms with van der Waals surface area (Å²) in [6.45, 7) is 1.97. The van der Waals surface area contributed by atoms with Crippen LogP contribution in [0.25, 0.3) is 0 Å². The van der Waals surface area contributed by atoms with Gasteiger partial charge in [-0.1, -0.05) is 15.9 Å². The number of anilines is 1. The predicted molar refractivity (Wildman–Crippen MR) is 72.1 cm³/mol. The predicted octanol–water partition coefficient (Wildman–Crippen LogP) is 2.37. The third-order valence-corrected chi connectivity index (χ3v) is 2.61. The first-order chi connectivity index (χ1) is 9.15. The van der Waals surface area contributed by atoms with Crippen LogP contribution >= 0.6 is 15.9 Å². The minimum absolute atomic E-state index is 0.152. The number of aromatic nitrogens is 2. The van der Waals surface area contributed by atoms with Gasteiger partial charge >= 0.3 is 0 Å². The Bertz CT molecular complexity index is 526. The van der Waals surface area contributed by atoms with Crippen molar-refractivity contribution in [3.05, 3.63) is 36.7 Å². The van der Waals surface area contributed by atoms with Crippen molar-refractivity contribution in [2.24, 2.45) is 0 Å². The first kappa shape index (κ1) is 13.5. The van der Waals surface area contributed by atoms with Gasteiger partial charge in [0.15, 0.2) is 6.61 Å². The maximum Gasteiger partial charge on any atom is 0.239 e. The molecule has 19 heavy (non-hydrogen) atoms. The van der Waals surface area contributed by atoms with E-state index in [4.69, 9.17) is 9.15 Å². The van der Waals surface area contributed by atoms with E-state index in [9.17, 15) is 4.79 Å². The molecular formula is C12H12BrN3O3. The van der Waals surface area contributed by atoms with E-state index in [-0.39, 0.29) is 17.3 Å². The SMILES string of the molecule is CC(Br)C(=O)Nc1ccc(OCc2ncco2)cn1. The van der Waals surface area contributed by atoms with Crippen molar-refractivity contribution in [3.8, 4) is 5.75 Å². The number of alkyl halides is 1. The quantitative estimate of drug-likeness (QED) is 0.854. The number of rotatable bonds is 5. The lowest BCUT2D eigenvalue weighted by atomic mass is 10.4. The first-order valence-corrected chi connectivity index (χ1v) is 6.49. The third kappa shape index (κ3) is 4.06. The molecule has 0 saturated carbocycles. The van der Waals surface area contributed by atoms with Crippen LogP contribution in [0.3, 0.4) is 0 Å². The molecule has 1 amide bonds. The molecule has 0 spiro atoms. The number of carbonyl (C=O) groups excluding carboxylic acids is 1. The normalized spacial score (nSPS) is 11.9. The van der Waals surface area contributed by atoms with Crippen LogP contribution in [-0.4, -0.2) is 20.7 Å². The summed E-state index contributed by atoms with van der Waals surface area (Å²) < 4.78 is 10.5. The number of halogens is 1. The largest absolute Gasteiger partial charge is 0.482 e. The smallest absolute Gasteiger partial charge is 0.239 e. The molecule has 1 N–H and O–H groups in total. The number of hydrogen-bond donors (Lipinski definition) is 1. The van der Waals surface area contributed by atoms with E-state index >= 15 is 0 Å². The Balaban J connectivity index is 1.89. The van der Waals surface area contributed by atoms with Gasteiger partial charge in [-0.3, -0.25) is 4.79 Å². The molecule has 2 aromatic heterocycles.